The van der Waals surface area contributed by atoms with Gasteiger partial charge in [0.2, 0.25) is 17.7 Å². The molecule has 224 valence electrons. The predicted molar refractivity (Wildman–Crippen MR) is 149 cm³/mol. The first-order valence-electron chi connectivity index (χ1n) is 13.0. The van der Waals surface area contributed by atoms with E-state index in [4.69, 9.17) is 34.4 Å². The van der Waals surface area contributed by atoms with Crippen LogP contribution in [0, 0.1) is 5.92 Å². The highest BCUT2D eigenvalue weighted by molar-refractivity contribution is 5.94. The molecule has 0 aromatic heterocycles. The first-order valence-corrected chi connectivity index (χ1v) is 13.0. The average molecular weight is 558 g/mol. The van der Waals surface area contributed by atoms with E-state index in [2.05, 4.69) is 25.9 Å². The molecule has 0 spiro atoms. The van der Waals surface area contributed by atoms with E-state index in [1.165, 1.54) is 0 Å². The number of guanidine groups is 2. The minimum atomic E-state index is -1.20. The number of nitrogens with two attached hydrogens (primary N) is 6. The van der Waals surface area contributed by atoms with Crippen molar-refractivity contribution in [1.82, 2.24) is 16.0 Å². The molecule has 0 aromatic carbocycles. The Kier molecular flexibility index (Phi) is 17.6. The Labute approximate surface area is 229 Å². The van der Waals surface area contributed by atoms with Gasteiger partial charge in [-0.3, -0.25) is 24.4 Å². The molecular formula is C23H47N11O5. The molecule has 16 N–H and O–H groups in total. The number of nitrogens with one attached hydrogen (secondary N) is 3. The summed E-state index contributed by atoms with van der Waals surface area (Å²) in [4.78, 5) is 58.2. The minimum absolute atomic E-state index is 0.0632. The van der Waals surface area contributed by atoms with Crippen molar-refractivity contribution >= 4 is 35.6 Å². The maximum Gasteiger partial charge on any atom is 0.326 e. The van der Waals surface area contributed by atoms with Crippen LogP contribution in [0.15, 0.2) is 9.98 Å². The number of amides is 3. The van der Waals surface area contributed by atoms with Crippen LogP contribution in [0.2, 0.25) is 0 Å². The topological polar surface area (TPSA) is 305 Å². The van der Waals surface area contributed by atoms with Crippen molar-refractivity contribution in [1.29, 1.82) is 0 Å². The zero-order valence-electron chi connectivity index (χ0n) is 22.9. The lowest BCUT2D eigenvalue weighted by Crippen LogP contribution is -2.58. The van der Waals surface area contributed by atoms with Crippen LogP contribution in [0.3, 0.4) is 0 Å². The third kappa shape index (κ3) is 16.0. The summed E-state index contributed by atoms with van der Waals surface area (Å²) in [5.74, 6) is -3.59. The Morgan fingerprint density at radius 2 is 1.23 bits per heavy atom. The van der Waals surface area contributed by atoms with Gasteiger partial charge in [0, 0.05) is 13.1 Å². The van der Waals surface area contributed by atoms with Crippen molar-refractivity contribution in [3.05, 3.63) is 0 Å². The van der Waals surface area contributed by atoms with Gasteiger partial charge in [0.25, 0.3) is 0 Å². The molecule has 0 aromatic rings. The number of aliphatic carboxylic acids is 1. The smallest absolute Gasteiger partial charge is 0.326 e. The van der Waals surface area contributed by atoms with Crippen molar-refractivity contribution in [2.45, 2.75) is 83.0 Å². The van der Waals surface area contributed by atoms with Crippen LogP contribution in [0.5, 0.6) is 0 Å². The molecule has 0 fully saturated rings. The maximum absolute atomic E-state index is 13.2. The molecule has 3 amide bonds. The number of hydrogen-bond acceptors (Lipinski definition) is 8. The van der Waals surface area contributed by atoms with Crippen LogP contribution in [-0.2, 0) is 19.2 Å². The van der Waals surface area contributed by atoms with Gasteiger partial charge in [0.15, 0.2) is 11.9 Å². The number of carbonyl (C=O) groups excluding carboxylic acids is 3. The largest absolute Gasteiger partial charge is 0.480 e. The Balaban J connectivity index is 5.46. The molecule has 0 radical (unpaired) electrons. The fourth-order valence-electron chi connectivity index (χ4n) is 3.50. The minimum Gasteiger partial charge on any atom is -0.480 e. The van der Waals surface area contributed by atoms with E-state index in [1.807, 2.05) is 0 Å². The third-order valence-corrected chi connectivity index (χ3v) is 5.69. The van der Waals surface area contributed by atoms with Crippen molar-refractivity contribution in [2.75, 3.05) is 19.6 Å². The van der Waals surface area contributed by atoms with Crippen LogP contribution in [0.4, 0.5) is 0 Å². The molecule has 16 heteroatoms. The molecule has 0 saturated heterocycles. The second kappa shape index (κ2) is 19.4. The lowest BCUT2D eigenvalue weighted by Gasteiger charge is -2.27. The Morgan fingerprint density at radius 3 is 1.72 bits per heavy atom. The van der Waals surface area contributed by atoms with Crippen molar-refractivity contribution < 1.29 is 24.3 Å². The summed E-state index contributed by atoms with van der Waals surface area (Å²) >= 11 is 0. The number of unbranched alkanes of at least 4 members (excludes halogenated alkanes) is 1. The highest BCUT2D eigenvalue weighted by atomic mass is 16.4. The van der Waals surface area contributed by atoms with Gasteiger partial charge in [0.1, 0.15) is 18.1 Å². The Morgan fingerprint density at radius 1 is 0.718 bits per heavy atom. The lowest BCUT2D eigenvalue weighted by molar-refractivity contribution is -0.142. The molecule has 0 unspecified atom stereocenters. The molecule has 4 atom stereocenters. The highest BCUT2D eigenvalue weighted by Gasteiger charge is 2.31. The molecule has 0 aliphatic carbocycles. The summed E-state index contributed by atoms with van der Waals surface area (Å²) in [5.41, 5.74) is 32.7. The second-order valence-corrected chi connectivity index (χ2v) is 9.48. The van der Waals surface area contributed by atoms with Crippen molar-refractivity contribution in [3.63, 3.8) is 0 Å². The summed E-state index contributed by atoms with van der Waals surface area (Å²) in [5, 5.41) is 17.3. The summed E-state index contributed by atoms with van der Waals surface area (Å²) < 4.78 is 0. The Bertz CT molecular complexity index is 842. The van der Waals surface area contributed by atoms with E-state index in [0.29, 0.717) is 38.8 Å². The SMILES string of the molecule is CC(C)[C@H](NC(=O)[C@@H](N)CCCN=C(N)N)C(=O)N[C@@H](CCCN=C(N)N)C(=O)N[C@@H](CCCCN)C(=O)O. The monoisotopic (exact) mass is 557 g/mol. The van der Waals surface area contributed by atoms with Crippen molar-refractivity contribution in [3.8, 4) is 0 Å². The standard InChI is InChI=1S/C23H47N11O5/c1-13(2)17(34-18(35)14(25)7-5-11-30-22(26)27)20(37)32-15(9-6-12-31-23(28)29)19(36)33-16(21(38)39)8-3-4-10-24/h13-17H,3-12,24-25H2,1-2H3,(H,32,37)(H,33,36)(H,34,35)(H,38,39)(H4,26,27,30)(H4,28,29,31)/t14-,15-,16-,17-/m0/s1. The fraction of sp³-hybridized carbons (Fsp3) is 0.739. The number of rotatable bonds is 20. The van der Waals surface area contributed by atoms with Gasteiger partial charge in [-0.25, -0.2) is 4.79 Å². The zero-order chi connectivity index (χ0) is 30.0. The first kappa shape index (κ1) is 35.3. The number of carbonyl (C=O) groups is 4. The quantitative estimate of drug-likeness (QED) is 0.0402. The van der Waals surface area contributed by atoms with Crippen LogP contribution in [0.25, 0.3) is 0 Å². The van der Waals surface area contributed by atoms with Crippen LogP contribution in [0.1, 0.15) is 58.8 Å². The van der Waals surface area contributed by atoms with E-state index in [-0.39, 0.29) is 43.6 Å². The molecule has 0 saturated carbocycles. The van der Waals surface area contributed by atoms with E-state index >= 15 is 0 Å². The number of nitrogens with zero attached hydrogens (tertiary/aromatic N) is 2. The van der Waals surface area contributed by atoms with Crippen LogP contribution in [-0.4, -0.2) is 84.5 Å². The Hall–Kier alpha value is -3.66. The van der Waals surface area contributed by atoms with Gasteiger partial charge in [0.05, 0.1) is 6.04 Å². The van der Waals surface area contributed by atoms with Crippen molar-refractivity contribution in [2.24, 2.45) is 50.3 Å². The van der Waals surface area contributed by atoms with E-state index in [1.54, 1.807) is 13.8 Å². The fourth-order valence-corrected chi connectivity index (χ4v) is 3.50. The summed E-state index contributed by atoms with van der Waals surface area (Å²) in [6.45, 7) is 4.34. The summed E-state index contributed by atoms with van der Waals surface area (Å²) in [6.07, 6.45) is 2.46. The second-order valence-electron chi connectivity index (χ2n) is 9.48. The molecule has 0 bridgehead atoms. The zero-order valence-corrected chi connectivity index (χ0v) is 22.9. The molecule has 39 heavy (non-hydrogen) atoms. The lowest BCUT2D eigenvalue weighted by atomic mass is 10.0. The van der Waals surface area contributed by atoms with Gasteiger partial charge < -0.3 is 55.5 Å². The van der Waals surface area contributed by atoms with Crippen LogP contribution >= 0.6 is 0 Å². The van der Waals surface area contributed by atoms with Gasteiger partial charge in [-0.15, -0.1) is 0 Å². The molecule has 0 aliphatic heterocycles. The normalized spacial score (nSPS) is 13.9. The van der Waals surface area contributed by atoms with Gasteiger partial charge in [-0.2, -0.15) is 0 Å². The molecule has 16 nitrogen and oxygen atoms in total. The maximum atomic E-state index is 13.2. The predicted octanol–water partition coefficient (Wildman–Crippen LogP) is -3.26. The number of aliphatic imine (C=N–C) groups is 2. The molecule has 0 aliphatic rings. The van der Waals surface area contributed by atoms with Gasteiger partial charge >= 0.3 is 5.97 Å². The van der Waals surface area contributed by atoms with Gasteiger partial charge in [-0.05, 0) is 57.4 Å². The molecular weight excluding hydrogens is 510 g/mol. The third-order valence-electron chi connectivity index (χ3n) is 5.69. The van der Waals surface area contributed by atoms with E-state index < -0.39 is 47.9 Å². The number of carboxylic acids is 1. The average Bonchev–Trinajstić information content (AvgIpc) is 2.85. The molecule has 0 heterocycles. The summed E-state index contributed by atoms with van der Waals surface area (Å²) in [7, 11) is 0. The van der Waals surface area contributed by atoms with Crippen LogP contribution < -0.4 is 50.4 Å². The number of hydrogen-bond donors (Lipinski definition) is 10. The van der Waals surface area contributed by atoms with E-state index in [9.17, 15) is 24.3 Å². The summed E-state index contributed by atoms with van der Waals surface area (Å²) in [6, 6.07) is -4.17. The van der Waals surface area contributed by atoms with Gasteiger partial charge in [-0.1, -0.05) is 13.8 Å². The molecule has 0 rings (SSSR count). The number of carboxylic acid groups (broad SMARTS) is 1. The first-order chi connectivity index (χ1) is 18.3. The highest BCUT2D eigenvalue weighted by Crippen LogP contribution is 2.08. The van der Waals surface area contributed by atoms with E-state index in [0.717, 1.165) is 0 Å².